The largest absolute Gasteiger partial charge is 0.310 e. The van der Waals surface area contributed by atoms with Gasteiger partial charge in [-0.25, -0.2) is 8.78 Å². The molecule has 4 heteroatoms. The van der Waals surface area contributed by atoms with Gasteiger partial charge in [0, 0.05) is 0 Å². The summed E-state index contributed by atoms with van der Waals surface area (Å²) in [7, 11) is 0. The molecule has 82 valence electrons. The van der Waals surface area contributed by atoms with Gasteiger partial charge in [0.25, 0.3) is 0 Å². The number of nitrogens with one attached hydrogen (secondary N) is 1. The molecule has 0 aliphatic heterocycles. The third-order valence-corrected chi connectivity index (χ3v) is 1.95. The zero-order valence-electron chi connectivity index (χ0n) is 8.52. The van der Waals surface area contributed by atoms with Crippen molar-refractivity contribution in [3.8, 4) is 0 Å². The predicted molar refractivity (Wildman–Crippen MR) is 53.6 cm³/mol. The van der Waals surface area contributed by atoms with E-state index in [1.807, 2.05) is 0 Å². The maximum Gasteiger partial charge on any atom is 0.159 e. The first-order chi connectivity index (χ1) is 7.09. The Hall–Kier alpha value is -1.29. The van der Waals surface area contributed by atoms with Crippen LogP contribution in [0.15, 0.2) is 18.2 Å². The van der Waals surface area contributed by atoms with Gasteiger partial charge >= 0.3 is 0 Å². The molecule has 0 saturated carbocycles. The summed E-state index contributed by atoms with van der Waals surface area (Å²) in [5, 5.41) is 2.90. The Bertz CT molecular complexity index is 352. The minimum Gasteiger partial charge on any atom is -0.310 e. The average Bonchev–Trinajstić information content (AvgIpc) is 2.18. The van der Waals surface area contributed by atoms with E-state index in [0.29, 0.717) is 25.1 Å². The van der Waals surface area contributed by atoms with Crippen molar-refractivity contribution < 1.29 is 13.6 Å². The molecule has 1 rings (SSSR count). The topological polar surface area (TPSA) is 29.1 Å². The van der Waals surface area contributed by atoms with Gasteiger partial charge in [0.05, 0.1) is 6.54 Å². The Morgan fingerprint density at radius 2 is 2.07 bits per heavy atom. The van der Waals surface area contributed by atoms with Crippen LogP contribution in [0, 0.1) is 11.6 Å². The minimum absolute atomic E-state index is 0.0558. The zero-order chi connectivity index (χ0) is 11.3. The summed E-state index contributed by atoms with van der Waals surface area (Å²) in [5.41, 5.74) is 0.713. The third kappa shape index (κ3) is 4.16. The van der Waals surface area contributed by atoms with E-state index in [1.54, 1.807) is 0 Å². The van der Waals surface area contributed by atoms with Gasteiger partial charge in [0.15, 0.2) is 11.6 Å². The van der Waals surface area contributed by atoms with Gasteiger partial charge in [0.1, 0.15) is 5.78 Å². The van der Waals surface area contributed by atoms with Crippen molar-refractivity contribution in [2.24, 2.45) is 0 Å². The van der Waals surface area contributed by atoms with Crippen LogP contribution in [-0.2, 0) is 11.2 Å². The highest BCUT2D eigenvalue weighted by molar-refractivity contribution is 5.77. The van der Waals surface area contributed by atoms with Crippen molar-refractivity contribution in [2.75, 3.05) is 13.1 Å². The van der Waals surface area contributed by atoms with Gasteiger partial charge in [-0.05, 0) is 37.6 Å². The molecule has 0 fully saturated rings. The Morgan fingerprint density at radius 3 is 2.67 bits per heavy atom. The van der Waals surface area contributed by atoms with Gasteiger partial charge in [0.2, 0.25) is 0 Å². The van der Waals surface area contributed by atoms with Gasteiger partial charge in [-0.3, -0.25) is 4.79 Å². The van der Waals surface area contributed by atoms with Crippen molar-refractivity contribution in [1.82, 2.24) is 5.32 Å². The van der Waals surface area contributed by atoms with Crippen molar-refractivity contribution in [3.05, 3.63) is 35.4 Å². The molecule has 0 heterocycles. The number of hydrogen-bond acceptors (Lipinski definition) is 2. The molecule has 0 saturated heterocycles. The molecule has 0 bridgehead atoms. The molecule has 2 nitrogen and oxygen atoms in total. The van der Waals surface area contributed by atoms with Gasteiger partial charge in [-0.2, -0.15) is 0 Å². The Balaban J connectivity index is 2.38. The van der Waals surface area contributed by atoms with E-state index >= 15 is 0 Å². The summed E-state index contributed by atoms with van der Waals surface area (Å²) in [4.78, 5) is 10.6. The number of hydrogen-bond donors (Lipinski definition) is 1. The molecular formula is C11H13F2NO. The number of rotatable bonds is 5. The fourth-order valence-electron chi connectivity index (χ4n) is 1.19. The molecule has 0 radical (unpaired) electrons. The van der Waals surface area contributed by atoms with Crippen molar-refractivity contribution in [2.45, 2.75) is 13.3 Å². The molecule has 0 amide bonds. The highest BCUT2D eigenvalue weighted by Gasteiger charge is 2.02. The fourth-order valence-corrected chi connectivity index (χ4v) is 1.19. The lowest BCUT2D eigenvalue weighted by molar-refractivity contribution is -0.116. The highest BCUT2D eigenvalue weighted by atomic mass is 19.2. The van der Waals surface area contributed by atoms with Crippen molar-refractivity contribution in [1.29, 1.82) is 0 Å². The molecule has 15 heavy (non-hydrogen) atoms. The summed E-state index contributed by atoms with van der Waals surface area (Å²) in [6, 6.07) is 3.81. The maximum absolute atomic E-state index is 12.8. The van der Waals surface area contributed by atoms with Crippen LogP contribution in [0.1, 0.15) is 12.5 Å². The molecular weight excluding hydrogens is 200 g/mol. The van der Waals surface area contributed by atoms with E-state index in [4.69, 9.17) is 0 Å². The van der Waals surface area contributed by atoms with Crippen LogP contribution in [0.25, 0.3) is 0 Å². The second-order valence-electron chi connectivity index (χ2n) is 3.38. The Kier molecular flexibility index (Phi) is 4.37. The number of ketones is 1. The van der Waals surface area contributed by atoms with Crippen molar-refractivity contribution >= 4 is 5.78 Å². The first-order valence-electron chi connectivity index (χ1n) is 4.73. The number of Topliss-reactive ketones (excluding diaryl/α,β-unsaturated/α-hetero) is 1. The zero-order valence-corrected chi connectivity index (χ0v) is 8.52. The summed E-state index contributed by atoms with van der Waals surface area (Å²) >= 11 is 0. The normalized spacial score (nSPS) is 10.3. The van der Waals surface area contributed by atoms with Crippen molar-refractivity contribution in [3.63, 3.8) is 0 Å². The van der Waals surface area contributed by atoms with Crippen LogP contribution >= 0.6 is 0 Å². The standard InChI is InChI=1S/C11H13F2NO/c1-8(15)7-14-5-4-9-2-3-10(12)11(13)6-9/h2-3,6,14H,4-5,7H2,1H3. The number of benzene rings is 1. The first-order valence-corrected chi connectivity index (χ1v) is 4.73. The molecule has 1 aromatic carbocycles. The van der Waals surface area contributed by atoms with Crippen LogP contribution in [0.4, 0.5) is 8.78 Å². The first kappa shape index (κ1) is 11.8. The Morgan fingerprint density at radius 1 is 1.33 bits per heavy atom. The fraction of sp³-hybridized carbons (Fsp3) is 0.364. The summed E-state index contributed by atoms with van der Waals surface area (Å²) in [6.07, 6.45) is 0.574. The number of halogens is 2. The number of carbonyl (C=O) groups is 1. The highest BCUT2D eigenvalue weighted by Crippen LogP contribution is 2.08. The second-order valence-corrected chi connectivity index (χ2v) is 3.38. The quantitative estimate of drug-likeness (QED) is 0.754. The van der Waals surface area contributed by atoms with Crippen LogP contribution in [-0.4, -0.2) is 18.9 Å². The molecule has 0 aromatic heterocycles. The van der Waals surface area contributed by atoms with E-state index in [-0.39, 0.29) is 5.78 Å². The third-order valence-electron chi connectivity index (χ3n) is 1.95. The minimum atomic E-state index is -0.838. The molecule has 0 atom stereocenters. The smallest absolute Gasteiger partial charge is 0.159 e. The van der Waals surface area contributed by atoms with Crippen LogP contribution < -0.4 is 5.32 Å². The lowest BCUT2D eigenvalue weighted by Crippen LogP contribution is -2.23. The van der Waals surface area contributed by atoms with Gasteiger partial charge < -0.3 is 5.32 Å². The molecule has 0 aliphatic carbocycles. The van der Waals surface area contributed by atoms with Crippen LogP contribution in [0.2, 0.25) is 0 Å². The predicted octanol–water partition coefficient (Wildman–Crippen LogP) is 1.69. The molecule has 0 aliphatic rings. The lowest BCUT2D eigenvalue weighted by Gasteiger charge is -2.03. The molecule has 1 N–H and O–H groups in total. The molecule has 0 unspecified atom stereocenters. The average molecular weight is 213 g/mol. The second kappa shape index (κ2) is 5.56. The van der Waals surface area contributed by atoms with Gasteiger partial charge in [-0.1, -0.05) is 6.07 Å². The lowest BCUT2D eigenvalue weighted by atomic mass is 10.1. The van der Waals surface area contributed by atoms with Crippen LogP contribution in [0.3, 0.4) is 0 Å². The van der Waals surface area contributed by atoms with E-state index < -0.39 is 11.6 Å². The summed E-state index contributed by atoms with van der Waals surface area (Å²) < 4.78 is 25.3. The van der Waals surface area contributed by atoms with E-state index in [0.717, 1.165) is 6.07 Å². The molecule has 1 aromatic rings. The van der Waals surface area contributed by atoms with Gasteiger partial charge in [-0.15, -0.1) is 0 Å². The monoisotopic (exact) mass is 213 g/mol. The van der Waals surface area contributed by atoms with Crippen LogP contribution in [0.5, 0.6) is 0 Å². The summed E-state index contributed by atoms with van der Waals surface area (Å²) in [5.74, 6) is -1.62. The van der Waals surface area contributed by atoms with E-state index in [1.165, 1.54) is 19.1 Å². The maximum atomic E-state index is 12.8. The van der Waals surface area contributed by atoms with E-state index in [9.17, 15) is 13.6 Å². The SMILES string of the molecule is CC(=O)CNCCc1ccc(F)c(F)c1. The molecule has 0 spiro atoms. The van der Waals surface area contributed by atoms with E-state index in [2.05, 4.69) is 5.32 Å². The number of carbonyl (C=O) groups excluding carboxylic acids is 1. The summed E-state index contributed by atoms with van der Waals surface area (Å²) in [6.45, 7) is 2.37. The Labute approximate surface area is 87.3 Å².